The van der Waals surface area contributed by atoms with E-state index in [1.807, 2.05) is 27.7 Å². The van der Waals surface area contributed by atoms with Gasteiger partial charge in [0.1, 0.15) is 0 Å². The Morgan fingerprint density at radius 1 is 0.870 bits per heavy atom. The number of carbonyl (C=O) groups is 2. The summed E-state index contributed by atoms with van der Waals surface area (Å²) in [7, 11) is -1.17. The molecule has 0 amide bonds. The fraction of sp³-hybridized carbons (Fsp3) is 0.429. The van der Waals surface area contributed by atoms with Gasteiger partial charge in [-0.3, -0.25) is 9.59 Å². The number of thiazole rings is 2. The third kappa shape index (κ3) is 10.1. The molecule has 0 saturated carbocycles. The van der Waals surface area contributed by atoms with Gasteiger partial charge in [-0.05, 0) is 34.5 Å². The molecule has 0 aliphatic heterocycles. The monoisotopic (exact) mass is 358 g/mol. The van der Waals surface area contributed by atoms with Crippen LogP contribution in [0.5, 0.6) is 0 Å². The first-order valence-corrected chi connectivity index (χ1v) is 7.99. The number of aldehydes is 2. The maximum absolute atomic E-state index is 10.2. The lowest BCUT2D eigenvalue weighted by molar-refractivity contribution is 0.111. The zero-order valence-electron chi connectivity index (χ0n) is 13.2. The first-order valence-electron chi connectivity index (χ1n) is 6.35. The maximum Gasteiger partial charge on any atom is 0.448 e. The summed E-state index contributed by atoms with van der Waals surface area (Å²) in [6, 6.07) is 0. The summed E-state index contributed by atoms with van der Waals surface area (Å²) in [5.74, 6) is 0. The van der Waals surface area contributed by atoms with Crippen molar-refractivity contribution in [2.45, 2.75) is 41.9 Å². The number of nitrogens with zero attached hydrogens (tertiary/aromatic N) is 2. The number of carbonyl (C=O) groups excluding carboxylic acids is 2. The summed E-state index contributed by atoms with van der Waals surface area (Å²) in [4.78, 5) is 30.0. The van der Waals surface area contributed by atoms with E-state index in [-0.39, 0.29) is 7.43 Å². The van der Waals surface area contributed by atoms with Gasteiger partial charge in [-0.2, -0.15) is 0 Å². The van der Waals surface area contributed by atoms with Gasteiger partial charge in [-0.15, -0.1) is 22.7 Å². The summed E-state index contributed by atoms with van der Waals surface area (Å²) in [5, 5.41) is 17.1. The lowest BCUT2D eigenvalue weighted by atomic mass is 9.99. The zero-order chi connectivity index (χ0) is 17.3. The van der Waals surface area contributed by atoms with E-state index in [1.54, 1.807) is 0 Å². The van der Waals surface area contributed by atoms with Crippen molar-refractivity contribution >= 4 is 42.4 Å². The molecule has 2 N–H and O–H groups in total. The van der Waals surface area contributed by atoms with E-state index in [4.69, 9.17) is 10.0 Å². The Balaban J connectivity index is 0. The van der Waals surface area contributed by atoms with E-state index in [0.29, 0.717) is 0 Å². The Morgan fingerprint density at radius 3 is 1.22 bits per heavy atom. The molecule has 23 heavy (non-hydrogen) atoms. The van der Waals surface area contributed by atoms with E-state index in [0.717, 1.165) is 43.7 Å². The second-order valence-electron chi connectivity index (χ2n) is 4.23. The summed E-state index contributed by atoms with van der Waals surface area (Å²) < 4.78 is 0. The van der Waals surface area contributed by atoms with Crippen LogP contribution in [0, 0.1) is 27.7 Å². The molecule has 0 aliphatic rings. The summed E-state index contributed by atoms with van der Waals surface area (Å²) in [5.41, 5.74) is 1.68. The van der Waals surface area contributed by atoms with Crippen molar-refractivity contribution in [1.29, 1.82) is 0 Å². The molecule has 128 valence electrons. The molecule has 0 saturated heterocycles. The minimum atomic E-state index is -1.17. The molecule has 0 spiro atoms. The van der Waals surface area contributed by atoms with Gasteiger partial charge >= 0.3 is 7.12 Å². The third-order valence-corrected chi connectivity index (χ3v) is 4.09. The van der Waals surface area contributed by atoms with Crippen LogP contribution in [0.25, 0.3) is 0 Å². The largest absolute Gasteiger partial charge is 0.448 e. The van der Waals surface area contributed by atoms with Crippen molar-refractivity contribution in [3.63, 3.8) is 0 Å². The minimum absolute atomic E-state index is 0. The molecule has 0 unspecified atom stereocenters. The van der Waals surface area contributed by atoms with Crippen molar-refractivity contribution in [2.24, 2.45) is 0 Å². The predicted octanol–water partition coefficient (Wildman–Crippen LogP) is 2.87. The van der Waals surface area contributed by atoms with Crippen LogP contribution >= 0.6 is 22.7 Å². The molecule has 0 aromatic carbocycles. The van der Waals surface area contributed by atoms with Crippen LogP contribution in [0.1, 0.15) is 48.2 Å². The average Bonchev–Trinajstić information content (AvgIpc) is 2.90. The van der Waals surface area contributed by atoms with Gasteiger partial charge in [-0.1, -0.05) is 7.43 Å². The summed E-state index contributed by atoms with van der Waals surface area (Å²) in [6.45, 7) is 8.75. The molecule has 2 rings (SSSR count). The SMILES string of the molecule is C.CB(O)O.Cc1nc(C)c(C=O)s1.Cc1nc(C)c(C=O)s1. The Hall–Kier alpha value is -1.42. The van der Waals surface area contributed by atoms with Gasteiger partial charge in [0.2, 0.25) is 0 Å². The quantitative estimate of drug-likeness (QED) is 0.632. The topological polar surface area (TPSA) is 100 Å². The first kappa shape index (κ1) is 23.8. The highest BCUT2D eigenvalue weighted by atomic mass is 32.1. The minimum Gasteiger partial charge on any atom is -0.427 e. The molecule has 0 fully saturated rings. The molecule has 2 heterocycles. The van der Waals surface area contributed by atoms with E-state index < -0.39 is 7.12 Å². The van der Waals surface area contributed by atoms with Gasteiger partial charge in [0.25, 0.3) is 0 Å². The van der Waals surface area contributed by atoms with E-state index in [1.165, 1.54) is 29.5 Å². The Morgan fingerprint density at radius 2 is 1.13 bits per heavy atom. The standard InChI is InChI=1S/2C6H7NOS.CH5BO2.CH4/c2*1-4-6(3-8)9-5(2)7-4;1-2(3)4;/h2*3H,1-2H3;3-4H,1H3;1H4. The Labute approximate surface area is 145 Å². The molecule has 6 nitrogen and oxygen atoms in total. The molecular weight excluding hydrogens is 335 g/mol. The van der Waals surface area contributed by atoms with Gasteiger partial charge in [-0.25, -0.2) is 9.97 Å². The summed E-state index contributed by atoms with van der Waals surface area (Å²) in [6.07, 6.45) is 1.69. The normalized spacial score (nSPS) is 8.65. The van der Waals surface area contributed by atoms with Crippen molar-refractivity contribution < 1.29 is 19.6 Å². The van der Waals surface area contributed by atoms with Crippen LogP contribution in [0.15, 0.2) is 0 Å². The molecule has 2 aromatic rings. The molecule has 0 atom stereocenters. The van der Waals surface area contributed by atoms with Crippen LogP contribution < -0.4 is 0 Å². The molecule has 2 aromatic heterocycles. The highest BCUT2D eigenvalue weighted by Gasteiger charge is 2.01. The molecule has 9 heteroatoms. The van der Waals surface area contributed by atoms with Crippen molar-refractivity contribution in [3.05, 3.63) is 31.2 Å². The van der Waals surface area contributed by atoms with Crippen LogP contribution in [-0.2, 0) is 0 Å². The van der Waals surface area contributed by atoms with Gasteiger partial charge in [0, 0.05) is 0 Å². The molecule has 0 bridgehead atoms. The highest BCUT2D eigenvalue weighted by Crippen LogP contribution is 2.14. The van der Waals surface area contributed by atoms with Crippen LogP contribution in [0.3, 0.4) is 0 Å². The fourth-order valence-corrected chi connectivity index (χ4v) is 2.80. The first-order chi connectivity index (χ1) is 10.2. The van der Waals surface area contributed by atoms with E-state index in [2.05, 4.69) is 9.97 Å². The fourth-order valence-electron chi connectivity index (χ4n) is 1.31. The smallest absolute Gasteiger partial charge is 0.427 e. The van der Waals surface area contributed by atoms with Crippen molar-refractivity contribution in [3.8, 4) is 0 Å². The highest BCUT2D eigenvalue weighted by molar-refractivity contribution is 7.13. The van der Waals surface area contributed by atoms with Crippen LogP contribution in [0.2, 0.25) is 6.82 Å². The second kappa shape index (κ2) is 12.1. The number of aromatic nitrogens is 2. The number of hydrogen-bond donors (Lipinski definition) is 2. The summed E-state index contributed by atoms with van der Waals surface area (Å²) >= 11 is 2.87. The van der Waals surface area contributed by atoms with Gasteiger partial charge in [0.15, 0.2) is 12.6 Å². The van der Waals surface area contributed by atoms with Gasteiger partial charge in [0.05, 0.1) is 31.2 Å². The van der Waals surface area contributed by atoms with Crippen LogP contribution in [-0.4, -0.2) is 39.7 Å². The molecule has 0 radical (unpaired) electrons. The lowest BCUT2D eigenvalue weighted by Crippen LogP contribution is -2.00. The molecule has 0 aliphatic carbocycles. The molecular formula is C14H23BN2O4S2. The van der Waals surface area contributed by atoms with Gasteiger partial charge < -0.3 is 10.0 Å². The van der Waals surface area contributed by atoms with Crippen LogP contribution in [0.4, 0.5) is 0 Å². The maximum atomic E-state index is 10.2. The van der Waals surface area contributed by atoms with Crippen molar-refractivity contribution in [2.75, 3.05) is 0 Å². The van der Waals surface area contributed by atoms with Crippen molar-refractivity contribution in [1.82, 2.24) is 9.97 Å². The number of hydrogen-bond acceptors (Lipinski definition) is 8. The Bertz CT molecular complexity index is 559. The average molecular weight is 358 g/mol. The zero-order valence-corrected chi connectivity index (χ0v) is 14.8. The Kier molecular flexibility index (Phi) is 12.5. The predicted molar refractivity (Wildman–Crippen MR) is 96.7 cm³/mol. The second-order valence-corrected chi connectivity index (χ2v) is 6.70. The van der Waals surface area contributed by atoms with E-state index >= 15 is 0 Å². The number of aryl methyl sites for hydroxylation is 4. The number of rotatable bonds is 2. The third-order valence-electron chi connectivity index (χ3n) is 2.09. The van der Waals surface area contributed by atoms with E-state index in [9.17, 15) is 9.59 Å². The lowest BCUT2D eigenvalue weighted by Gasteiger charge is -1.77.